The molecule has 1 N–H and O–H groups in total. The number of hydrogen-bond acceptors (Lipinski definition) is 3. The molecule has 1 saturated carbocycles. The molecule has 0 saturated heterocycles. The quantitative estimate of drug-likeness (QED) is 0.841. The van der Waals surface area contributed by atoms with Gasteiger partial charge in [0.05, 0.1) is 22.8 Å². The Morgan fingerprint density at radius 2 is 2.26 bits per heavy atom. The van der Waals surface area contributed by atoms with Crippen molar-refractivity contribution in [1.82, 2.24) is 9.78 Å². The Morgan fingerprint density at radius 3 is 2.74 bits per heavy atom. The number of aliphatic carboxylic acids is 1. The normalized spacial score (nSPS) is 16.6. The first-order chi connectivity index (χ1) is 8.97. The van der Waals surface area contributed by atoms with Crippen LogP contribution in [-0.2, 0) is 24.0 Å². The SMILES string of the molecule is CCc1nn(C)c(CSCC2(CC(=O)O)CC2)c1Cl. The average Bonchev–Trinajstić information content (AvgIpc) is 3.03. The molecule has 0 unspecified atom stereocenters. The summed E-state index contributed by atoms with van der Waals surface area (Å²) in [4.78, 5) is 10.8. The van der Waals surface area contributed by atoms with Gasteiger partial charge >= 0.3 is 5.97 Å². The molecule has 106 valence electrons. The second-order valence-electron chi connectivity index (χ2n) is 5.25. The van der Waals surface area contributed by atoms with Crippen molar-refractivity contribution in [2.75, 3.05) is 5.75 Å². The third kappa shape index (κ3) is 3.45. The Balaban J connectivity index is 1.90. The fourth-order valence-electron chi connectivity index (χ4n) is 2.21. The molecular weight excluding hydrogens is 284 g/mol. The number of carboxylic acid groups (broad SMARTS) is 1. The van der Waals surface area contributed by atoms with Crippen LogP contribution in [0.1, 0.15) is 37.6 Å². The van der Waals surface area contributed by atoms with E-state index in [4.69, 9.17) is 16.7 Å². The molecule has 0 aliphatic heterocycles. The molecule has 1 aromatic heterocycles. The highest BCUT2D eigenvalue weighted by Gasteiger charge is 2.44. The van der Waals surface area contributed by atoms with E-state index in [9.17, 15) is 4.79 Å². The van der Waals surface area contributed by atoms with Crippen molar-refractivity contribution in [1.29, 1.82) is 0 Å². The van der Waals surface area contributed by atoms with E-state index in [0.29, 0.717) is 6.42 Å². The van der Waals surface area contributed by atoms with Gasteiger partial charge in [0.25, 0.3) is 0 Å². The number of aromatic nitrogens is 2. The number of hydrogen-bond donors (Lipinski definition) is 1. The molecule has 19 heavy (non-hydrogen) atoms. The lowest BCUT2D eigenvalue weighted by Gasteiger charge is -2.11. The number of halogens is 1. The number of aryl methyl sites for hydroxylation is 2. The van der Waals surface area contributed by atoms with E-state index in [-0.39, 0.29) is 5.41 Å². The summed E-state index contributed by atoms with van der Waals surface area (Å²) in [6, 6.07) is 0. The topological polar surface area (TPSA) is 55.1 Å². The van der Waals surface area contributed by atoms with Crippen LogP contribution in [0, 0.1) is 5.41 Å². The largest absolute Gasteiger partial charge is 0.481 e. The van der Waals surface area contributed by atoms with Crippen LogP contribution in [0.4, 0.5) is 0 Å². The van der Waals surface area contributed by atoms with Gasteiger partial charge in [-0.25, -0.2) is 0 Å². The van der Waals surface area contributed by atoms with Crippen LogP contribution in [0.3, 0.4) is 0 Å². The van der Waals surface area contributed by atoms with Crippen LogP contribution < -0.4 is 0 Å². The second-order valence-corrected chi connectivity index (χ2v) is 6.61. The van der Waals surface area contributed by atoms with Crippen molar-refractivity contribution in [3.63, 3.8) is 0 Å². The van der Waals surface area contributed by atoms with Gasteiger partial charge in [0.1, 0.15) is 0 Å². The third-order valence-corrected chi connectivity index (χ3v) is 5.36. The maximum absolute atomic E-state index is 10.8. The zero-order chi connectivity index (χ0) is 14.0. The van der Waals surface area contributed by atoms with Gasteiger partial charge in [-0.3, -0.25) is 9.48 Å². The molecular formula is C13H19ClN2O2S. The van der Waals surface area contributed by atoms with E-state index in [1.54, 1.807) is 11.8 Å². The van der Waals surface area contributed by atoms with Gasteiger partial charge in [0.15, 0.2) is 0 Å². The summed E-state index contributed by atoms with van der Waals surface area (Å²) in [6.45, 7) is 2.04. The minimum absolute atomic E-state index is 0.0369. The first kappa shape index (κ1) is 14.7. The zero-order valence-corrected chi connectivity index (χ0v) is 12.9. The average molecular weight is 303 g/mol. The molecule has 6 heteroatoms. The summed E-state index contributed by atoms with van der Waals surface area (Å²) in [5.41, 5.74) is 2.01. The van der Waals surface area contributed by atoms with Crippen LogP contribution in [-0.4, -0.2) is 26.6 Å². The van der Waals surface area contributed by atoms with Crippen molar-refractivity contribution < 1.29 is 9.90 Å². The van der Waals surface area contributed by atoms with E-state index in [0.717, 1.165) is 47.2 Å². The Hall–Kier alpha value is -0.680. The molecule has 0 aromatic carbocycles. The number of thioether (sulfide) groups is 1. The van der Waals surface area contributed by atoms with Crippen molar-refractivity contribution >= 4 is 29.3 Å². The zero-order valence-electron chi connectivity index (χ0n) is 11.3. The lowest BCUT2D eigenvalue weighted by Crippen LogP contribution is -2.11. The maximum Gasteiger partial charge on any atom is 0.303 e. The summed E-state index contributed by atoms with van der Waals surface area (Å²) >= 11 is 8.05. The van der Waals surface area contributed by atoms with Gasteiger partial charge in [-0.05, 0) is 30.4 Å². The number of rotatable bonds is 7. The van der Waals surface area contributed by atoms with Crippen LogP contribution >= 0.6 is 23.4 Å². The summed E-state index contributed by atoms with van der Waals surface area (Å²) in [7, 11) is 1.91. The van der Waals surface area contributed by atoms with Crippen LogP contribution in [0.5, 0.6) is 0 Å². The van der Waals surface area contributed by atoms with E-state index in [1.165, 1.54) is 0 Å². The molecule has 1 fully saturated rings. The number of nitrogens with zero attached hydrogens (tertiary/aromatic N) is 2. The van der Waals surface area contributed by atoms with Gasteiger partial charge in [-0.15, -0.1) is 0 Å². The van der Waals surface area contributed by atoms with E-state index >= 15 is 0 Å². The Bertz CT molecular complexity index is 483. The molecule has 0 spiro atoms. The predicted molar refractivity (Wildman–Crippen MR) is 77.7 cm³/mol. The Labute approximate surface area is 122 Å². The highest BCUT2D eigenvalue weighted by molar-refractivity contribution is 7.98. The summed E-state index contributed by atoms with van der Waals surface area (Å²) in [5.74, 6) is 0.997. The summed E-state index contributed by atoms with van der Waals surface area (Å²) in [5, 5.41) is 14.0. The Morgan fingerprint density at radius 1 is 1.58 bits per heavy atom. The Kier molecular flexibility index (Phi) is 4.46. The molecule has 1 aliphatic rings. The molecule has 2 rings (SSSR count). The van der Waals surface area contributed by atoms with E-state index in [1.807, 2.05) is 18.7 Å². The molecule has 0 bridgehead atoms. The monoisotopic (exact) mass is 302 g/mol. The van der Waals surface area contributed by atoms with Crippen molar-refractivity contribution in [2.45, 2.75) is 38.4 Å². The highest BCUT2D eigenvalue weighted by Crippen LogP contribution is 2.51. The lowest BCUT2D eigenvalue weighted by molar-refractivity contribution is -0.138. The molecule has 0 atom stereocenters. The molecule has 1 aliphatic carbocycles. The number of carboxylic acids is 1. The van der Waals surface area contributed by atoms with Crippen LogP contribution in [0.2, 0.25) is 5.02 Å². The van der Waals surface area contributed by atoms with Gasteiger partial charge < -0.3 is 5.11 Å². The second kappa shape index (κ2) is 5.75. The molecule has 0 amide bonds. The van der Waals surface area contributed by atoms with Crippen molar-refractivity contribution in [3.8, 4) is 0 Å². The van der Waals surface area contributed by atoms with Gasteiger partial charge in [0, 0.05) is 12.8 Å². The highest BCUT2D eigenvalue weighted by atomic mass is 35.5. The fourth-order valence-corrected chi connectivity index (χ4v) is 4.10. The molecule has 1 aromatic rings. The molecule has 1 heterocycles. The van der Waals surface area contributed by atoms with Gasteiger partial charge in [-0.2, -0.15) is 16.9 Å². The summed E-state index contributed by atoms with van der Waals surface area (Å²) < 4.78 is 1.84. The van der Waals surface area contributed by atoms with Crippen LogP contribution in [0.25, 0.3) is 0 Å². The molecule has 4 nitrogen and oxygen atoms in total. The van der Waals surface area contributed by atoms with Crippen molar-refractivity contribution in [2.24, 2.45) is 12.5 Å². The molecule has 0 radical (unpaired) electrons. The maximum atomic E-state index is 10.8. The first-order valence-corrected chi connectivity index (χ1v) is 8.00. The van der Waals surface area contributed by atoms with E-state index < -0.39 is 5.97 Å². The minimum Gasteiger partial charge on any atom is -0.481 e. The number of carbonyl (C=O) groups is 1. The third-order valence-electron chi connectivity index (χ3n) is 3.63. The standard InChI is InChI=1S/C13H19ClN2O2S/c1-3-9-12(14)10(16(2)15-9)7-19-8-13(4-5-13)6-11(17)18/h3-8H2,1-2H3,(H,17,18). The lowest BCUT2D eigenvalue weighted by atomic mass is 10.1. The minimum atomic E-state index is -0.690. The van der Waals surface area contributed by atoms with Crippen molar-refractivity contribution in [3.05, 3.63) is 16.4 Å². The van der Waals surface area contributed by atoms with Gasteiger partial charge in [-0.1, -0.05) is 18.5 Å². The summed E-state index contributed by atoms with van der Waals surface area (Å²) in [6.07, 6.45) is 3.19. The smallest absolute Gasteiger partial charge is 0.303 e. The van der Waals surface area contributed by atoms with Gasteiger partial charge in [0.2, 0.25) is 0 Å². The predicted octanol–water partition coefficient (Wildman–Crippen LogP) is 3.12. The fraction of sp³-hybridized carbons (Fsp3) is 0.692. The van der Waals surface area contributed by atoms with Crippen LogP contribution in [0.15, 0.2) is 0 Å². The first-order valence-electron chi connectivity index (χ1n) is 6.47. The van der Waals surface area contributed by atoms with E-state index in [2.05, 4.69) is 5.10 Å².